The number of rotatable bonds is 8. The Morgan fingerprint density at radius 3 is 1.68 bits per heavy atom. The number of anilines is 9. The van der Waals surface area contributed by atoms with E-state index in [1.165, 1.54) is 66.8 Å². The van der Waals surface area contributed by atoms with Crippen molar-refractivity contribution in [3.8, 4) is 0 Å². The van der Waals surface area contributed by atoms with Crippen molar-refractivity contribution in [2.45, 2.75) is 120 Å². The van der Waals surface area contributed by atoms with Gasteiger partial charge in [0.05, 0.1) is 5.69 Å². The second kappa shape index (κ2) is 19.3. The fourth-order valence-electron chi connectivity index (χ4n) is 13.2. The van der Waals surface area contributed by atoms with E-state index in [1.807, 2.05) is 6.07 Å². The zero-order valence-electron chi connectivity index (χ0n) is 50.3. The SMILES string of the molecule is CC/C=C(/c1ccc(N2c3ccc(C(C)(C)C)cc3B3c4ccc(N(c5ccc(C(C)(C)C)cc5)c5c(C)cc(C(C)(C)C)cc5C)cc4N(c4ccc5c(c4)oc4ccccc45)c4cc(C)cc2c43)cc1)c1oc2ccccc2c1C. The van der Waals surface area contributed by atoms with Crippen molar-refractivity contribution in [2.24, 2.45) is 0 Å². The minimum absolute atomic E-state index is 0.00195. The first-order valence-corrected chi connectivity index (χ1v) is 29.4. The van der Waals surface area contributed by atoms with Crippen molar-refractivity contribution < 1.29 is 8.83 Å². The molecule has 4 heterocycles. The van der Waals surface area contributed by atoms with Crippen molar-refractivity contribution in [2.75, 3.05) is 14.7 Å². The van der Waals surface area contributed by atoms with Crippen molar-refractivity contribution >= 4 is 113 Å². The van der Waals surface area contributed by atoms with Gasteiger partial charge >= 0.3 is 0 Å². The first-order chi connectivity index (χ1) is 39.2. The molecule has 11 aromatic rings. The van der Waals surface area contributed by atoms with Gasteiger partial charge in [-0.3, -0.25) is 0 Å². The second-order valence-corrected chi connectivity index (χ2v) is 26.3. The first kappa shape index (κ1) is 52.9. The van der Waals surface area contributed by atoms with E-state index in [0.29, 0.717) is 0 Å². The van der Waals surface area contributed by atoms with Crippen molar-refractivity contribution in [3.63, 3.8) is 0 Å². The molecule has 5 nitrogen and oxygen atoms in total. The number of aryl methyl sites for hydroxylation is 4. The van der Waals surface area contributed by atoms with Gasteiger partial charge in [-0.1, -0.05) is 166 Å². The highest BCUT2D eigenvalue weighted by Crippen LogP contribution is 2.49. The Labute approximate surface area is 485 Å². The Morgan fingerprint density at radius 2 is 1.05 bits per heavy atom. The van der Waals surface area contributed by atoms with Crippen LogP contribution in [0.4, 0.5) is 51.2 Å². The molecule has 408 valence electrons. The lowest BCUT2D eigenvalue weighted by atomic mass is 9.33. The predicted molar refractivity (Wildman–Crippen MR) is 351 cm³/mol. The molecule has 0 bridgehead atoms. The molecule has 6 heteroatoms. The first-order valence-electron chi connectivity index (χ1n) is 29.4. The molecule has 2 aromatic heterocycles. The van der Waals surface area contributed by atoms with E-state index >= 15 is 0 Å². The summed E-state index contributed by atoms with van der Waals surface area (Å²) in [4.78, 5) is 7.57. The van der Waals surface area contributed by atoms with Crippen LogP contribution in [0.5, 0.6) is 0 Å². The summed E-state index contributed by atoms with van der Waals surface area (Å²) in [5, 5.41) is 3.38. The number of furan rings is 2. The van der Waals surface area contributed by atoms with Gasteiger partial charge in [0, 0.05) is 78.9 Å². The normalized spacial score (nSPS) is 13.5. The number of fused-ring (bicyclic) bond motifs is 8. The summed E-state index contributed by atoms with van der Waals surface area (Å²) in [7, 11) is 0. The van der Waals surface area contributed by atoms with Gasteiger partial charge in [-0.2, -0.15) is 0 Å². The number of benzene rings is 9. The highest BCUT2D eigenvalue weighted by molar-refractivity contribution is 7.00. The van der Waals surface area contributed by atoms with Gasteiger partial charge in [0.2, 0.25) is 0 Å². The van der Waals surface area contributed by atoms with Crippen LogP contribution in [0.15, 0.2) is 191 Å². The lowest BCUT2D eigenvalue weighted by Gasteiger charge is -2.45. The topological polar surface area (TPSA) is 36.0 Å². The third-order valence-electron chi connectivity index (χ3n) is 17.4. The minimum atomic E-state index is -0.0919. The van der Waals surface area contributed by atoms with Crippen LogP contribution in [0.3, 0.4) is 0 Å². The Hall–Kier alpha value is -8.48. The van der Waals surface area contributed by atoms with Crippen molar-refractivity contribution in [1.82, 2.24) is 0 Å². The molecule has 0 unspecified atom stereocenters. The third-order valence-corrected chi connectivity index (χ3v) is 17.4. The van der Waals surface area contributed by atoms with E-state index in [-0.39, 0.29) is 23.0 Å². The molecule has 0 saturated carbocycles. The Morgan fingerprint density at radius 1 is 0.476 bits per heavy atom. The molecule has 0 radical (unpaired) electrons. The molecule has 0 atom stereocenters. The summed E-state index contributed by atoms with van der Waals surface area (Å²) in [6, 6.07) is 66.3. The van der Waals surface area contributed by atoms with Crippen molar-refractivity contribution in [1.29, 1.82) is 0 Å². The molecule has 9 aromatic carbocycles. The van der Waals surface area contributed by atoms with Gasteiger partial charge in [0.15, 0.2) is 0 Å². The van der Waals surface area contributed by atoms with Crippen LogP contribution in [0, 0.1) is 27.7 Å². The maximum atomic E-state index is 6.74. The van der Waals surface area contributed by atoms with Crippen LogP contribution in [0.25, 0.3) is 38.5 Å². The molecule has 0 spiro atoms. The van der Waals surface area contributed by atoms with Crippen LogP contribution >= 0.6 is 0 Å². The van der Waals surface area contributed by atoms with Crippen LogP contribution in [-0.2, 0) is 16.2 Å². The van der Waals surface area contributed by atoms with E-state index in [1.54, 1.807) is 0 Å². The summed E-state index contributed by atoms with van der Waals surface area (Å²) in [6.45, 7) is 31.9. The highest BCUT2D eigenvalue weighted by atomic mass is 16.3. The standard InChI is InChI=1S/C76H74BN3O2/c1-15-20-59(73-49(5)58-21-16-18-23-68(58)82-73)50-25-30-55(31-26-50)79-64-38-29-52(75(9,10)11)43-63(64)77-62-37-35-56(78(54-32-27-51(28-33-54)74(6,7)8)72-47(3)41-53(42-48(72)4)76(12,13)14)44-65(62)80(67-40-46(2)39-66(79)71(67)77)57-34-36-61-60-22-17-19-24-69(60)81-70(61)45-57/h16-45H,15H2,1-14H3/b59-20-. The average Bonchev–Trinajstić information content (AvgIpc) is 2.35. The molecule has 13 rings (SSSR count). The van der Waals surface area contributed by atoms with E-state index in [0.717, 1.165) is 95.9 Å². The number of para-hydroxylation sites is 2. The highest BCUT2D eigenvalue weighted by Gasteiger charge is 2.44. The Kier molecular flexibility index (Phi) is 12.5. The largest absolute Gasteiger partial charge is 0.456 e. The summed E-state index contributed by atoms with van der Waals surface area (Å²) in [6.07, 6.45) is 3.19. The average molecular weight is 1070 g/mol. The summed E-state index contributed by atoms with van der Waals surface area (Å²) in [5.74, 6) is 0.928. The monoisotopic (exact) mass is 1070 g/mol. The molecule has 2 aliphatic rings. The number of hydrogen-bond acceptors (Lipinski definition) is 5. The zero-order valence-corrected chi connectivity index (χ0v) is 50.3. The molecular weight excluding hydrogens is 998 g/mol. The molecule has 82 heavy (non-hydrogen) atoms. The van der Waals surface area contributed by atoms with Crippen LogP contribution in [0.2, 0.25) is 0 Å². The van der Waals surface area contributed by atoms with E-state index < -0.39 is 0 Å². The Bertz CT molecular complexity index is 4360. The fourth-order valence-corrected chi connectivity index (χ4v) is 13.2. The lowest BCUT2D eigenvalue weighted by Crippen LogP contribution is -2.61. The minimum Gasteiger partial charge on any atom is -0.456 e. The van der Waals surface area contributed by atoms with E-state index in [4.69, 9.17) is 8.83 Å². The number of hydrogen-bond donors (Lipinski definition) is 0. The number of allylic oxidation sites excluding steroid dienone is 1. The van der Waals surface area contributed by atoms with E-state index in [9.17, 15) is 0 Å². The Balaban J connectivity index is 1.05. The maximum absolute atomic E-state index is 6.74. The molecular formula is C76H74BN3O2. The van der Waals surface area contributed by atoms with Crippen LogP contribution in [0.1, 0.15) is 126 Å². The maximum Gasteiger partial charge on any atom is 0.252 e. The zero-order chi connectivity index (χ0) is 57.3. The van der Waals surface area contributed by atoms with Gasteiger partial charge in [-0.05, 0) is 185 Å². The van der Waals surface area contributed by atoms with E-state index in [2.05, 4.69) is 288 Å². The van der Waals surface area contributed by atoms with Gasteiger partial charge in [0.25, 0.3) is 6.71 Å². The summed E-state index contributed by atoms with van der Waals surface area (Å²) >= 11 is 0. The third kappa shape index (κ3) is 8.76. The fraction of sp³-hybridized carbons (Fsp3) is 0.237. The molecule has 0 amide bonds. The number of nitrogens with zero attached hydrogens (tertiary/aromatic N) is 3. The van der Waals surface area contributed by atoms with Gasteiger partial charge in [0.1, 0.15) is 22.5 Å². The molecule has 0 aliphatic carbocycles. The lowest BCUT2D eigenvalue weighted by molar-refractivity contribution is 0.589. The van der Waals surface area contributed by atoms with Gasteiger partial charge < -0.3 is 23.5 Å². The molecule has 0 saturated heterocycles. The van der Waals surface area contributed by atoms with Crippen LogP contribution < -0.4 is 31.1 Å². The smallest absolute Gasteiger partial charge is 0.252 e. The van der Waals surface area contributed by atoms with Crippen LogP contribution in [-0.4, -0.2) is 6.71 Å². The van der Waals surface area contributed by atoms with Gasteiger partial charge in [-0.15, -0.1) is 0 Å². The summed E-state index contributed by atoms with van der Waals surface area (Å²) < 4.78 is 13.4. The quantitative estimate of drug-likeness (QED) is 0.142. The summed E-state index contributed by atoms with van der Waals surface area (Å²) in [5.41, 5.74) is 27.6. The molecule has 0 N–H and O–H groups in total. The molecule has 0 fully saturated rings. The second-order valence-electron chi connectivity index (χ2n) is 26.3. The molecule has 2 aliphatic heterocycles. The van der Waals surface area contributed by atoms with Gasteiger partial charge in [-0.25, -0.2) is 0 Å². The predicted octanol–water partition coefficient (Wildman–Crippen LogP) is 19.9. The van der Waals surface area contributed by atoms with Crippen molar-refractivity contribution in [3.05, 3.63) is 232 Å².